The lowest BCUT2D eigenvalue weighted by Gasteiger charge is -2.04. The van der Waals surface area contributed by atoms with Crippen molar-refractivity contribution in [3.8, 4) is 22.6 Å². The van der Waals surface area contributed by atoms with Crippen molar-refractivity contribution in [2.24, 2.45) is 0 Å². The van der Waals surface area contributed by atoms with Crippen LogP contribution in [0.15, 0.2) is 115 Å². The van der Waals surface area contributed by atoms with Gasteiger partial charge in [-0.3, -0.25) is 0 Å². The number of hydrogen-bond donors (Lipinski definition) is 2. The quantitative estimate of drug-likeness (QED) is 0.411. The van der Waals surface area contributed by atoms with Gasteiger partial charge in [0.2, 0.25) is 0 Å². The van der Waals surface area contributed by atoms with Gasteiger partial charge in [0.25, 0.3) is 0 Å². The van der Waals surface area contributed by atoms with Crippen molar-refractivity contribution in [2.45, 2.75) is 6.92 Å². The van der Waals surface area contributed by atoms with E-state index in [4.69, 9.17) is 10.2 Å². The predicted octanol–water partition coefficient (Wildman–Crippen LogP) is 6.45. The van der Waals surface area contributed by atoms with E-state index in [9.17, 15) is 0 Å². The Hall–Kier alpha value is -3.52. The molecule has 0 bridgehead atoms. The molecule has 0 aliphatic heterocycles. The fourth-order valence-electron chi connectivity index (χ4n) is 2.37. The number of para-hydroxylation sites is 2. The molecule has 4 aromatic rings. The molecular formula is C25H24O2. The van der Waals surface area contributed by atoms with Gasteiger partial charge in [-0.05, 0) is 47.9 Å². The summed E-state index contributed by atoms with van der Waals surface area (Å²) >= 11 is 0. The Morgan fingerprint density at radius 2 is 0.815 bits per heavy atom. The molecule has 4 aromatic carbocycles. The molecule has 0 saturated heterocycles. The fraction of sp³-hybridized carbons (Fsp3) is 0.0400. The number of rotatable bonds is 1. The Morgan fingerprint density at radius 1 is 0.444 bits per heavy atom. The summed E-state index contributed by atoms with van der Waals surface area (Å²) in [4.78, 5) is 0. The largest absolute Gasteiger partial charge is 0.508 e. The molecule has 0 fully saturated rings. The molecule has 0 radical (unpaired) electrons. The maximum absolute atomic E-state index is 8.63. The monoisotopic (exact) mass is 356 g/mol. The fourth-order valence-corrected chi connectivity index (χ4v) is 2.37. The Bertz CT molecular complexity index is 851. The van der Waals surface area contributed by atoms with Gasteiger partial charge in [0, 0.05) is 0 Å². The Kier molecular flexibility index (Phi) is 8.19. The first-order chi connectivity index (χ1) is 13.2. The van der Waals surface area contributed by atoms with Crippen LogP contribution in [0, 0.1) is 6.92 Å². The summed E-state index contributed by atoms with van der Waals surface area (Å²) in [7, 11) is 0. The summed E-state index contributed by atoms with van der Waals surface area (Å²) in [5.74, 6) is 0.644. The molecule has 0 amide bonds. The van der Waals surface area contributed by atoms with Gasteiger partial charge in [0.05, 0.1) is 0 Å². The number of aromatic hydroxyl groups is 2. The second-order valence-electron chi connectivity index (χ2n) is 5.85. The molecule has 0 aliphatic rings. The summed E-state index contributed by atoms with van der Waals surface area (Å²) in [5, 5.41) is 17.3. The SMILES string of the molecule is Cc1ccccc1-c1ccccc1.Oc1ccccc1.Oc1ccccc1. The van der Waals surface area contributed by atoms with Crippen LogP contribution in [0.4, 0.5) is 0 Å². The maximum atomic E-state index is 8.63. The second kappa shape index (κ2) is 11.2. The molecule has 0 saturated carbocycles. The number of benzene rings is 4. The first kappa shape index (κ1) is 19.8. The topological polar surface area (TPSA) is 40.5 Å². The molecule has 0 aromatic heterocycles. The Balaban J connectivity index is 0.000000159. The van der Waals surface area contributed by atoms with E-state index in [2.05, 4.69) is 55.5 Å². The van der Waals surface area contributed by atoms with Crippen molar-refractivity contribution >= 4 is 0 Å². The normalized spacial score (nSPS) is 9.22. The first-order valence-electron chi connectivity index (χ1n) is 8.76. The molecule has 4 rings (SSSR count). The summed E-state index contributed by atoms with van der Waals surface area (Å²) in [6.45, 7) is 2.14. The minimum absolute atomic E-state index is 0.322. The van der Waals surface area contributed by atoms with E-state index in [1.807, 2.05) is 18.2 Å². The van der Waals surface area contributed by atoms with Gasteiger partial charge in [-0.2, -0.15) is 0 Å². The lowest BCUT2D eigenvalue weighted by molar-refractivity contribution is 0.475. The van der Waals surface area contributed by atoms with Crippen molar-refractivity contribution in [1.82, 2.24) is 0 Å². The Morgan fingerprint density at radius 3 is 1.19 bits per heavy atom. The number of aryl methyl sites for hydroxylation is 1. The molecule has 0 unspecified atom stereocenters. The average molecular weight is 356 g/mol. The highest BCUT2D eigenvalue weighted by atomic mass is 16.3. The van der Waals surface area contributed by atoms with Gasteiger partial charge in [-0.15, -0.1) is 0 Å². The summed E-state index contributed by atoms with van der Waals surface area (Å²) < 4.78 is 0. The lowest BCUT2D eigenvalue weighted by atomic mass is 10.0. The zero-order valence-corrected chi connectivity index (χ0v) is 15.4. The van der Waals surface area contributed by atoms with Gasteiger partial charge in [0.1, 0.15) is 11.5 Å². The zero-order chi connectivity index (χ0) is 19.3. The minimum atomic E-state index is 0.322. The number of phenolic OH excluding ortho intramolecular Hbond substituents is 2. The number of hydrogen-bond acceptors (Lipinski definition) is 2. The van der Waals surface area contributed by atoms with Crippen LogP contribution in [0.1, 0.15) is 5.56 Å². The van der Waals surface area contributed by atoms with E-state index in [-0.39, 0.29) is 0 Å². The molecular weight excluding hydrogens is 332 g/mol. The second-order valence-corrected chi connectivity index (χ2v) is 5.85. The van der Waals surface area contributed by atoms with Crippen molar-refractivity contribution in [2.75, 3.05) is 0 Å². The zero-order valence-electron chi connectivity index (χ0n) is 15.4. The average Bonchev–Trinajstić information content (AvgIpc) is 2.71. The predicted molar refractivity (Wildman–Crippen MR) is 113 cm³/mol. The standard InChI is InChI=1S/C13H12.2C6H6O/c1-11-7-5-6-10-13(11)12-8-3-2-4-9-12;2*7-6-4-2-1-3-5-6/h2-10H,1H3;2*1-5,7H. The molecule has 0 aliphatic carbocycles. The van der Waals surface area contributed by atoms with Crippen molar-refractivity contribution < 1.29 is 10.2 Å². The van der Waals surface area contributed by atoms with Crippen molar-refractivity contribution in [3.05, 3.63) is 121 Å². The van der Waals surface area contributed by atoms with Crippen LogP contribution in [0.25, 0.3) is 11.1 Å². The van der Waals surface area contributed by atoms with Crippen LogP contribution in [0.2, 0.25) is 0 Å². The van der Waals surface area contributed by atoms with Gasteiger partial charge in [0.15, 0.2) is 0 Å². The Labute approximate surface area is 161 Å². The minimum Gasteiger partial charge on any atom is -0.508 e. The molecule has 2 nitrogen and oxygen atoms in total. The van der Waals surface area contributed by atoms with E-state index in [1.54, 1.807) is 48.5 Å². The van der Waals surface area contributed by atoms with Gasteiger partial charge in [-0.1, -0.05) is 91.0 Å². The maximum Gasteiger partial charge on any atom is 0.115 e. The summed E-state index contributed by atoms with van der Waals surface area (Å²) in [6, 6.07) is 36.3. The van der Waals surface area contributed by atoms with Crippen LogP contribution < -0.4 is 0 Å². The van der Waals surface area contributed by atoms with Gasteiger partial charge >= 0.3 is 0 Å². The molecule has 27 heavy (non-hydrogen) atoms. The van der Waals surface area contributed by atoms with Crippen LogP contribution in [-0.4, -0.2) is 10.2 Å². The van der Waals surface area contributed by atoms with E-state index in [1.165, 1.54) is 16.7 Å². The van der Waals surface area contributed by atoms with Crippen molar-refractivity contribution in [3.63, 3.8) is 0 Å². The highest BCUT2D eigenvalue weighted by Crippen LogP contribution is 2.21. The molecule has 2 heteroatoms. The van der Waals surface area contributed by atoms with Crippen LogP contribution >= 0.6 is 0 Å². The molecule has 2 N–H and O–H groups in total. The first-order valence-corrected chi connectivity index (χ1v) is 8.76. The molecule has 0 heterocycles. The van der Waals surface area contributed by atoms with Crippen LogP contribution in [-0.2, 0) is 0 Å². The third-order valence-corrected chi connectivity index (χ3v) is 3.74. The summed E-state index contributed by atoms with van der Waals surface area (Å²) in [6.07, 6.45) is 0. The lowest BCUT2D eigenvalue weighted by Crippen LogP contribution is -1.80. The van der Waals surface area contributed by atoms with E-state index in [0.717, 1.165) is 0 Å². The molecule has 136 valence electrons. The van der Waals surface area contributed by atoms with Crippen LogP contribution in [0.3, 0.4) is 0 Å². The highest BCUT2D eigenvalue weighted by Gasteiger charge is 1.97. The van der Waals surface area contributed by atoms with Gasteiger partial charge in [-0.25, -0.2) is 0 Å². The molecule has 0 atom stereocenters. The van der Waals surface area contributed by atoms with Crippen LogP contribution in [0.5, 0.6) is 11.5 Å². The van der Waals surface area contributed by atoms with E-state index < -0.39 is 0 Å². The molecule has 0 spiro atoms. The summed E-state index contributed by atoms with van der Waals surface area (Å²) in [5.41, 5.74) is 3.94. The van der Waals surface area contributed by atoms with Gasteiger partial charge < -0.3 is 10.2 Å². The van der Waals surface area contributed by atoms with Crippen molar-refractivity contribution in [1.29, 1.82) is 0 Å². The third-order valence-electron chi connectivity index (χ3n) is 3.74. The number of phenols is 2. The third kappa shape index (κ3) is 7.49. The van der Waals surface area contributed by atoms with E-state index >= 15 is 0 Å². The smallest absolute Gasteiger partial charge is 0.115 e. The highest BCUT2D eigenvalue weighted by molar-refractivity contribution is 5.66. The van der Waals surface area contributed by atoms with E-state index in [0.29, 0.717) is 11.5 Å².